The number of hydrogen-bond acceptors (Lipinski definition) is 2. The summed E-state index contributed by atoms with van der Waals surface area (Å²) in [4.78, 5) is 4.94. The quantitative estimate of drug-likeness (QED) is 0.135. The van der Waals surface area contributed by atoms with Gasteiger partial charge in [-0.3, -0.25) is 4.57 Å². The standard InChI is InChI=1S/C79H69N4O/c1-76(2,3)56-42-43-80-74(48-56)83-70-35-19-17-31-66(70)67-41-39-61(50-73(67)83)84-60-29-22-28-59(49-60)81-51-82(72-37-21-20-36-71(72)81)75-62(32-23-33-63(75)53-44-57(77(4,5)6)47-58(45-53)78(7,8)9)52-38-40-65-64-30-16-18-34-68(64)79(69(65)46-52,54-24-12-10-13-25-54)55-26-14-11-15-27-55/h10-51H,1-9H3/q+1. The number of imidazole rings is 1. The number of rotatable bonds is 9. The SMILES string of the molecule is CC(C)(C)c1cc(-c2cccc(-c3ccc4c(c3)C(c3ccccc3)(c3ccccc3)c3ccccc3-4)c2-[n+]2cn(-c3cccc(Oc4ccc5c6ccccc6n(-c6cc(C(C)(C)C)ccn6)c5c4)c3)c3ccccc32)cc(C(C)(C)C)c1. The van der Waals surface area contributed by atoms with E-state index in [4.69, 9.17) is 9.72 Å². The highest BCUT2D eigenvalue weighted by molar-refractivity contribution is 6.09. The Morgan fingerprint density at radius 1 is 0.405 bits per heavy atom. The van der Waals surface area contributed by atoms with Crippen LogP contribution in [0.3, 0.4) is 0 Å². The first-order valence-corrected chi connectivity index (χ1v) is 29.5. The molecule has 1 aliphatic rings. The van der Waals surface area contributed by atoms with Crippen LogP contribution < -0.4 is 9.30 Å². The molecule has 0 aliphatic heterocycles. The van der Waals surface area contributed by atoms with Crippen LogP contribution in [0.4, 0.5) is 0 Å². The van der Waals surface area contributed by atoms with Gasteiger partial charge in [-0.25, -0.2) is 4.98 Å². The third-order valence-corrected chi connectivity index (χ3v) is 17.5. The molecule has 3 heterocycles. The van der Waals surface area contributed by atoms with Crippen LogP contribution in [0.15, 0.2) is 255 Å². The van der Waals surface area contributed by atoms with Gasteiger partial charge in [0.15, 0.2) is 11.0 Å². The molecule has 0 saturated carbocycles. The van der Waals surface area contributed by atoms with E-state index in [9.17, 15) is 0 Å². The Labute approximate surface area is 493 Å². The summed E-state index contributed by atoms with van der Waals surface area (Å²) in [6, 6.07) is 89.3. The molecule has 1 aliphatic carbocycles. The zero-order valence-electron chi connectivity index (χ0n) is 49.4. The van der Waals surface area contributed by atoms with Crippen LogP contribution in [-0.2, 0) is 21.7 Å². The monoisotopic (exact) mass is 1090 g/mol. The molecule has 0 spiro atoms. The van der Waals surface area contributed by atoms with Crippen LogP contribution in [-0.4, -0.2) is 14.1 Å². The fraction of sp³-hybridized carbons (Fsp3) is 0.165. The smallest absolute Gasteiger partial charge is 0.255 e. The molecule has 0 unspecified atom stereocenters. The number of benzene rings is 10. The van der Waals surface area contributed by atoms with Crippen molar-refractivity contribution < 1.29 is 9.30 Å². The molecule has 13 aromatic rings. The molecule has 0 atom stereocenters. The van der Waals surface area contributed by atoms with Gasteiger partial charge >= 0.3 is 0 Å². The van der Waals surface area contributed by atoms with Crippen molar-refractivity contribution in [1.29, 1.82) is 0 Å². The first-order valence-electron chi connectivity index (χ1n) is 29.5. The van der Waals surface area contributed by atoms with Crippen molar-refractivity contribution in [3.05, 3.63) is 294 Å². The maximum atomic E-state index is 6.93. The fourth-order valence-corrected chi connectivity index (χ4v) is 13.1. The number of aromatic nitrogens is 4. The van der Waals surface area contributed by atoms with Gasteiger partial charge in [-0.2, -0.15) is 9.13 Å². The molecular weight excluding hydrogens is 1020 g/mol. The third kappa shape index (κ3) is 8.75. The molecule has 5 heteroatoms. The average Bonchev–Trinajstić information content (AvgIpc) is 1.59. The van der Waals surface area contributed by atoms with Crippen molar-refractivity contribution in [3.63, 3.8) is 0 Å². The maximum Gasteiger partial charge on any atom is 0.255 e. The minimum atomic E-state index is -0.555. The predicted molar refractivity (Wildman–Crippen MR) is 348 cm³/mol. The van der Waals surface area contributed by atoms with E-state index in [0.29, 0.717) is 0 Å². The first-order chi connectivity index (χ1) is 40.5. The number of para-hydroxylation sites is 4. The lowest BCUT2D eigenvalue weighted by Gasteiger charge is -2.34. The van der Waals surface area contributed by atoms with Gasteiger partial charge in [0.2, 0.25) is 0 Å². The van der Waals surface area contributed by atoms with E-state index in [1.54, 1.807) is 0 Å². The second-order valence-electron chi connectivity index (χ2n) is 25.9. The molecule has 10 aromatic carbocycles. The topological polar surface area (TPSA) is 35.9 Å². The van der Waals surface area contributed by atoms with Crippen LogP contribution >= 0.6 is 0 Å². The predicted octanol–water partition coefficient (Wildman–Crippen LogP) is 19.8. The molecule has 0 fully saturated rings. The van der Waals surface area contributed by atoms with Gasteiger partial charge < -0.3 is 4.74 Å². The van der Waals surface area contributed by atoms with Crippen LogP contribution in [0.1, 0.15) is 101 Å². The Bertz CT molecular complexity index is 4620. The van der Waals surface area contributed by atoms with Crippen molar-refractivity contribution in [1.82, 2.24) is 14.1 Å². The van der Waals surface area contributed by atoms with Crippen molar-refractivity contribution in [2.24, 2.45) is 0 Å². The van der Waals surface area contributed by atoms with E-state index in [0.717, 1.165) is 72.8 Å². The molecule has 3 aromatic heterocycles. The highest BCUT2D eigenvalue weighted by Crippen LogP contribution is 2.57. The molecule has 0 bridgehead atoms. The Balaban J connectivity index is 0.956. The molecule has 0 amide bonds. The summed E-state index contributed by atoms with van der Waals surface area (Å²) in [7, 11) is 0. The molecule has 14 rings (SSSR count). The summed E-state index contributed by atoms with van der Waals surface area (Å²) >= 11 is 0. The first kappa shape index (κ1) is 52.5. The zero-order chi connectivity index (χ0) is 57.7. The summed E-state index contributed by atoms with van der Waals surface area (Å²) in [5.41, 5.74) is 21.7. The fourth-order valence-electron chi connectivity index (χ4n) is 13.1. The minimum absolute atomic E-state index is 0.0327. The average molecular weight is 1090 g/mol. The van der Waals surface area contributed by atoms with E-state index in [1.807, 2.05) is 6.20 Å². The molecule has 84 heavy (non-hydrogen) atoms. The van der Waals surface area contributed by atoms with Gasteiger partial charge in [0.25, 0.3) is 6.33 Å². The van der Waals surface area contributed by atoms with Crippen molar-refractivity contribution >= 4 is 32.8 Å². The third-order valence-electron chi connectivity index (χ3n) is 17.5. The van der Waals surface area contributed by atoms with Crippen molar-refractivity contribution in [2.75, 3.05) is 0 Å². The minimum Gasteiger partial charge on any atom is -0.457 e. The molecule has 0 saturated heterocycles. The Kier molecular flexibility index (Phi) is 12.4. The lowest BCUT2D eigenvalue weighted by molar-refractivity contribution is -0.566. The molecule has 0 radical (unpaired) electrons. The maximum absolute atomic E-state index is 6.93. The number of nitrogens with zero attached hydrogens (tertiary/aromatic N) is 4. The number of pyridine rings is 1. The summed E-state index contributed by atoms with van der Waals surface area (Å²) in [5.74, 6) is 2.37. The van der Waals surface area contributed by atoms with Crippen LogP contribution in [0.25, 0.3) is 83.4 Å². The normalized spacial score (nSPS) is 13.2. The number of ether oxygens (including phenoxy) is 1. The van der Waals surface area contributed by atoms with Crippen molar-refractivity contribution in [2.45, 2.75) is 84.0 Å². The highest BCUT2D eigenvalue weighted by atomic mass is 16.5. The Hall–Kier alpha value is -9.58. The Morgan fingerprint density at radius 3 is 1.70 bits per heavy atom. The lowest BCUT2D eigenvalue weighted by Crippen LogP contribution is -2.31. The van der Waals surface area contributed by atoms with Crippen LogP contribution in [0.2, 0.25) is 0 Å². The summed E-state index contributed by atoms with van der Waals surface area (Å²) in [6.45, 7) is 20.7. The van der Waals surface area contributed by atoms with Crippen LogP contribution in [0, 0.1) is 0 Å². The van der Waals surface area contributed by atoms with Gasteiger partial charge in [-0.1, -0.05) is 232 Å². The van der Waals surface area contributed by atoms with E-state index >= 15 is 0 Å². The van der Waals surface area contributed by atoms with E-state index in [1.165, 1.54) is 61.0 Å². The number of hydrogen-bond donors (Lipinski definition) is 0. The van der Waals surface area contributed by atoms with E-state index < -0.39 is 5.41 Å². The molecule has 410 valence electrons. The lowest BCUT2D eigenvalue weighted by atomic mass is 9.67. The van der Waals surface area contributed by atoms with Gasteiger partial charge in [0.05, 0.1) is 16.4 Å². The second-order valence-corrected chi connectivity index (χ2v) is 25.9. The van der Waals surface area contributed by atoms with Crippen molar-refractivity contribution in [3.8, 4) is 62.1 Å². The summed E-state index contributed by atoms with van der Waals surface area (Å²) in [5, 5.41) is 2.32. The summed E-state index contributed by atoms with van der Waals surface area (Å²) in [6.07, 6.45) is 4.22. The molecular formula is C79H69N4O+. The van der Waals surface area contributed by atoms with Gasteiger partial charge in [-0.05, 0) is 138 Å². The van der Waals surface area contributed by atoms with Gasteiger partial charge in [0.1, 0.15) is 28.7 Å². The van der Waals surface area contributed by atoms with E-state index in [-0.39, 0.29) is 16.2 Å². The highest BCUT2D eigenvalue weighted by Gasteiger charge is 2.46. The Morgan fingerprint density at radius 2 is 0.988 bits per heavy atom. The van der Waals surface area contributed by atoms with Gasteiger partial charge in [-0.15, -0.1) is 0 Å². The molecule has 5 nitrogen and oxygen atoms in total. The van der Waals surface area contributed by atoms with Gasteiger partial charge in [0, 0.05) is 40.2 Å². The second kappa shape index (κ2) is 19.8. The van der Waals surface area contributed by atoms with Crippen LogP contribution in [0.5, 0.6) is 11.5 Å². The largest absolute Gasteiger partial charge is 0.457 e. The molecule has 0 N–H and O–H groups in total. The zero-order valence-corrected chi connectivity index (χ0v) is 49.4. The number of fused-ring (bicyclic) bond motifs is 7. The van der Waals surface area contributed by atoms with E-state index in [2.05, 4.69) is 325 Å². The summed E-state index contributed by atoms with van der Waals surface area (Å²) < 4.78 is 14.0.